The Bertz CT molecular complexity index is 111. The zero-order valence-corrected chi connectivity index (χ0v) is 8.14. The van der Waals surface area contributed by atoms with E-state index >= 15 is 0 Å². The van der Waals surface area contributed by atoms with E-state index in [-0.39, 0.29) is 0 Å². The zero-order valence-electron chi connectivity index (χ0n) is 8.14. The molecule has 1 nitrogen and oxygen atoms in total. The second-order valence-electron chi connectivity index (χ2n) is 3.54. The minimum Gasteiger partial charge on any atom is -0.303 e. The quantitative estimate of drug-likeness (QED) is 0.519. The van der Waals surface area contributed by atoms with Gasteiger partial charge >= 0.3 is 0 Å². The minimum atomic E-state index is 0.993. The van der Waals surface area contributed by atoms with Crippen LogP contribution in [0.1, 0.15) is 39.5 Å². The third-order valence-corrected chi connectivity index (χ3v) is 2.79. The summed E-state index contributed by atoms with van der Waals surface area (Å²) in [5.74, 6) is 1.09. The molecule has 1 heteroatoms. The summed E-state index contributed by atoms with van der Waals surface area (Å²) in [6.07, 6.45) is 5.92. The van der Waals surface area contributed by atoms with Crippen LogP contribution in [0.3, 0.4) is 0 Å². The highest BCUT2D eigenvalue weighted by molar-refractivity contribution is 4.95. The van der Waals surface area contributed by atoms with E-state index in [1.807, 2.05) is 13.8 Å². The molecule has 11 heavy (non-hydrogen) atoms. The molecule has 2 fully saturated rings. The summed E-state index contributed by atoms with van der Waals surface area (Å²) in [6.45, 7) is 5.35. The maximum Gasteiger partial charge on any atom is 0.0124 e. The van der Waals surface area contributed by atoms with Crippen molar-refractivity contribution >= 4 is 0 Å². The van der Waals surface area contributed by atoms with Gasteiger partial charge in [-0.1, -0.05) is 20.3 Å². The van der Waals surface area contributed by atoms with Crippen molar-refractivity contribution in [3.8, 4) is 0 Å². The Morgan fingerprint density at radius 2 is 1.91 bits per heavy atom. The largest absolute Gasteiger partial charge is 0.303 e. The Hall–Kier alpha value is -0.0400. The first-order valence-corrected chi connectivity index (χ1v) is 5.08. The molecule has 1 saturated carbocycles. The first-order valence-electron chi connectivity index (χ1n) is 5.08. The van der Waals surface area contributed by atoms with Gasteiger partial charge in [0.1, 0.15) is 0 Å². The fourth-order valence-electron chi connectivity index (χ4n) is 2.02. The van der Waals surface area contributed by atoms with Gasteiger partial charge in [0.25, 0.3) is 0 Å². The minimum absolute atomic E-state index is 0.993. The molecule has 0 N–H and O–H groups in total. The maximum absolute atomic E-state index is 2.54. The van der Waals surface area contributed by atoms with Gasteiger partial charge in [-0.3, -0.25) is 0 Å². The summed E-state index contributed by atoms with van der Waals surface area (Å²) >= 11 is 0. The van der Waals surface area contributed by atoms with Crippen LogP contribution in [0, 0.1) is 5.92 Å². The molecule has 2 aliphatic rings. The Morgan fingerprint density at radius 1 is 1.18 bits per heavy atom. The molecule has 0 spiro atoms. The predicted octanol–water partition coefficient (Wildman–Crippen LogP) is 2.52. The van der Waals surface area contributed by atoms with Crippen molar-refractivity contribution in [3.05, 3.63) is 0 Å². The average Bonchev–Trinajstić information content (AvgIpc) is 2.79. The van der Waals surface area contributed by atoms with Gasteiger partial charge in [-0.25, -0.2) is 0 Å². The molecular weight excluding hydrogens is 134 g/mol. The first kappa shape index (κ1) is 9.05. The van der Waals surface area contributed by atoms with Crippen molar-refractivity contribution in [3.63, 3.8) is 0 Å². The highest BCUT2D eigenvalue weighted by Crippen LogP contribution is 2.40. The van der Waals surface area contributed by atoms with Crippen molar-refractivity contribution in [1.29, 1.82) is 0 Å². The van der Waals surface area contributed by atoms with Crippen LogP contribution in [0.15, 0.2) is 0 Å². The molecule has 0 aromatic rings. The van der Waals surface area contributed by atoms with Crippen LogP contribution in [-0.2, 0) is 0 Å². The van der Waals surface area contributed by atoms with Gasteiger partial charge in [0.2, 0.25) is 0 Å². The third-order valence-electron chi connectivity index (χ3n) is 2.79. The molecule has 1 aliphatic carbocycles. The fraction of sp³-hybridized carbons (Fsp3) is 1.00. The zero-order chi connectivity index (χ0) is 8.27. The molecule has 0 aromatic carbocycles. The molecule has 2 atom stereocenters. The summed E-state index contributed by atoms with van der Waals surface area (Å²) in [7, 11) is 2.27. The van der Waals surface area contributed by atoms with Gasteiger partial charge in [-0.15, -0.1) is 0 Å². The third kappa shape index (κ3) is 2.19. The lowest BCUT2D eigenvalue weighted by Crippen LogP contribution is -2.21. The van der Waals surface area contributed by atoms with E-state index in [0.717, 1.165) is 12.0 Å². The highest BCUT2D eigenvalue weighted by atomic mass is 15.2. The van der Waals surface area contributed by atoms with Gasteiger partial charge in [-0.2, -0.15) is 0 Å². The monoisotopic (exact) mass is 155 g/mol. The van der Waals surface area contributed by atoms with Crippen LogP contribution in [-0.4, -0.2) is 24.5 Å². The summed E-state index contributed by atoms with van der Waals surface area (Å²) in [6, 6.07) is 0.993. The molecule has 66 valence electrons. The van der Waals surface area contributed by atoms with E-state index in [9.17, 15) is 0 Å². The van der Waals surface area contributed by atoms with Crippen LogP contribution >= 0.6 is 0 Å². The molecule has 0 aromatic heterocycles. The van der Waals surface area contributed by atoms with Crippen LogP contribution in [0.4, 0.5) is 0 Å². The second-order valence-corrected chi connectivity index (χ2v) is 3.54. The molecule has 0 radical (unpaired) electrons. The molecule has 2 unspecified atom stereocenters. The van der Waals surface area contributed by atoms with Crippen molar-refractivity contribution < 1.29 is 0 Å². The number of fused-ring (bicyclic) bond motifs is 1. The summed E-state index contributed by atoms with van der Waals surface area (Å²) < 4.78 is 0. The predicted molar refractivity (Wildman–Crippen MR) is 49.7 cm³/mol. The van der Waals surface area contributed by atoms with Crippen molar-refractivity contribution in [2.24, 2.45) is 5.92 Å². The summed E-state index contributed by atoms with van der Waals surface area (Å²) in [5.41, 5.74) is 0. The van der Waals surface area contributed by atoms with E-state index < -0.39 is 0 Å². The van der Waals surface area contributed by atoms with Crippen molar-refractivity contribution in [1.82, 2.24) is 4.90 Å². The van der Waals surface area contributed by atoms with E-state index in [4.69, 9.17) is 0 Å². The van der Waals surface area contributed by atoms with Gasteiger partial charge in [0.15, 0.2) is 0 Å². The lowest BCUT2D eigenvalue weighted by Gasteiger charge is -2.12. The number of hydrogen-bond donors (Lipinski definition) is 0. The number of likely N-dealkylation sites (tertiary alicyclic amines) is 1. The summed E-state index contributed by atoms with van der Waals surface area (Å²) in [5, 5.41) is 0. The van der Waals surface area contributed by atoms with Gasteiger partial charge in [0.05, 0.1) is 0 Å². The molecule has 0 amide bonds. The van der Waals surface area contributed by atoms with Crippen LogP contribution in [0.25, 0.3) is 0 Å². The number of hydrogen-bond acceptors (Lipinski definition) is 1. The van der Waals surface area contributed by atoms with Crippen molar-refractivity contribution in [2.75, 3.05) is 13.6 Å². The number of nitrogens with zero attached hydrogens (tertiary/aromatic N) is 1. The normalized spacial score (nSPS) is 36.3. The molecule has 1 aliphatic heterocycles. The van der Waals surface area contributed by atoms with E-state index in [1.54, 1.807) is 0 Å². The van der Waals surface area contributed by atoms with Gasteiger partial charge in [0, 0.05) is 6.04 Å². The topological polar surface area (TPSA) is 3.24 Å². The molecule has 0 bridgehead atoms. The number of rotatable bonds is 0. The Balaban J connectivity index is 0.000000281. The fourth-order valence-corrected chi connectivity index (χ4v) is 2.02. The Labute approximate surface area is 70.8 Å². The summed E-state index contributed by atoms with van der Waals surface area (Å²) in [4.78, 5) is 2.54. The van der Waals surface area contributed by atoms with E-state index in [0.29, 0.717) is 0 Å². The molecule has 2 rings (SSSR count). The van der Waals surface area contributed by atoms with E-state index in [1.165, 1.54) is 32.2 Å². The van der Waals surface area contributed by atoms with Crippen molar-refractivity contribution in [2.45, 2.75) is 45.6 Å². The van der Waals surface area contributed by atoms with Gasteiger partial charge < -0.3 is 4.90 Å². The molecular formula is C10H21N. The SMILES string of the molecule is CC.CN1CCCCC2CC21. The lowest BCUT2D eigenvalue weighted by atomic mass is 10.2. The Morgan fingerprint density at radius 3 is 2.64 bits per heavy atom. The maximum atomic E-state index is 2.54. The average molecular weight is 155 g/mol. The lowest BCUT2D eigenvalue weighted by molar-refractivity contribution is 0.323. The standard InChI is InChI=1S/C8H15N.C2H6/c1-9-5-3-2-4-7-6-8(7)9;1-2/h7-8H,2-6H2,1H3;1-2H3. The highest BCUT2D eigenvalue weighted by Gasteiger charge is 2.40. The first-order chi connectivity index (χ1) is 5.38. The van der Waals surface area contributed by atoms with Crippen LogP contribution < -0.4 is 0 Å². The molecule has 1 saturated heterocycles. The smallest absolute Gasteiger partial charge is 0.0124 e. The van der Waals surface area contributed by atoms with E-state index in [2.05, 4.69) is 11.9 Å². The van der Waals surface area contributed by atoms with Crippen LogP contribution in [0.2, 0.25) is 0 Å². The Kier molecular flexibility index (Phi) is 3.38. The van der Waals surface area contributed by atoms with Gasteiger partial charge in [-0.05, 0) is 38.8 Å². The van der Waals surface area contributed by atoms with Crippen LogP contribution in [0.5, 0.6) is 0 Å². The second kappa shape index (κ2) is 4.10. The molecule has 1 heterocycles.